The van der Waals surface area contributed by atoms with Gasteiger partial charge in [-0.25, -0.2) is 9.97 Å². The summed E-state index contributed by atoms with van der Waals surface area (Å²) in [5, 5.41) is 0. The van der Waals surface area contributed by atoms with Gasteiger partial charge in [0.25, 0.3) is 0 Å². The lowest BCUT2D eigenvalue weighted by molar-refractivity contribution is 0.573. The van der Waals surface area contributed by atoms with Gasteiger partial charge in [-0.3, -0.25) is 0 Å². The molecule has 0 N–H and O–H groups in total. The van der Waals surface area contributed by atoms with Gasteiger partial charge in [-0.05, 0) is 25.3 Å². The second kappa shape index (κ2) is 3.52. The second-order valence-electron chi connectivity index (χ2n) is 3.12. The molecule has 0 saturated carbocycles. The van der Waals surface area contributed by atoms with Crippen molar-refractivity contribution < 1.29 is 0 Å². The van der Waals surface area contributed by atoms with Crippen LogP contribution in [0.1, 0.15) is 19.3 Å². The summed E-state index contributed by atoms with van der Waals surface area (Å²) in [6.07, 6.45) is 7.37. The molecule has 1 aliphatic heterocycles. The number of rotatable bonds is 1. The summed E-state index contributed by atoms with van der Waals surface area (Å²) in [5.74, 6) is 1.07. The van der Waals surface area contributed by atoms with Crippen LogP contribution >= 0.6 is 0 Å². The van der Waals surface area contributed by atoms with Crippen LogP contribution in [0.3, 0.4) is 0 Å². The Balaban J connectivity index is 2.08. The van der Waals surface area contributed by atoms with E-state index in [1.165, 1.54) is 19.3 Å². The highest BCUT2D eigenvalue weighted by molar-refractivity contribution is 5.36. The lowest BCUT2D eigenvalue weighted by atomic mass is 10.1. The average molecular weight is 163 g/mol. The monoisotopic (exact) mass is 163 g/mol. The predicted octanol–water partition coefficient (Wildman–Crippen LogP) is 1.47. The third kappa shape index (κ3) is 1.55. The molecule has 1 fully saturated rings. The normalized spacial score (nSPS) is 17.8. The first-order chi connectivity index (χ1) is 5.97. The van der Waals surface area contributed by atoms with E-state index in [9.17, 15) is 0 Å². The zero-order valence-electron chi connectivity index (χ0n) is 7.11. The first kappa shape index (κ1) is 7.53. The molecular weight excluding hydrogens is 150 g/mol. The van der Waals surface area contributed by atoms with Crippen molar-refractivity contribution >= 4 is 5.82 Å². The standard InChI is InChI=1S/C9H13N3/c1-2-6-12(7-3-1)9-4-5-10-8-11-9/h4-5,8H,1-3,6-7H2. The quantitative estimate of drug-likeness (QED) is 0.627. The molecule has 3 heteroatoms. The number of hydrogen-bond donors (Lipinski definition) is 0. The van der Waals surface area contributed by atoms with Crippen LogP contribution in [0.4, 0.5) is 5.82 Å². The highest BCUT2D eigenvalue weighted by Crippen LogP contribution is 2.15. The molecule has 0 amide bonds. The Morgan fingerprint density at radius 2 is 2.00 bits per heavy atom. The lowest BCUT2D eigenvalue weighted by Gasteiger charge is -2.27. The molecule has 12 heavy (non-hydrogen) atoms. The summed E-state index contributed by atoms with van der Waals surface area (Å²) in [4.78, 5) is 10.4. The zero-order chi connectivity index (χ0) is 8.23. The molecular formula is C9H13N3. The number of anilines is 1. The van der Waals surface area contributed by atoms with Gasteiger partial charge in [0.2, 0.25) is 0 Å². The minimum Gasteiger partial charge on any atom is -0.357 e. The predicted molar refractivity (Wildman–Crippen MR) is 48.1 cm³/mol. The minimum atomic E-state index is 1.07. The van der Waals surface area contributed by atoms with Crippen molar-refractivity contribution in [2.24, 2.45) is 0 Å². The van der Waals surface area contributed by atoms with Crippen molar-refractivity contribution in [2.45, 2.75) is 19.3 Å². The van der Waals surface area contributed by atoms with Crippen LogP contribution in [0.25, 0.3) is 0 Å². The molecule has 3 nitrogen and oxygen atoms in total. The van der Waals surface area contributed by atoms with Crippen LogP contribution in [0.15, 0.2) is 18.6 Å². The van der Waals surface area contributed by atoms with Crippen LogP contribution < -0.4 is 4.90 Å². The van der Waals surface area contributed by atoms with Gasteiger partial charge in [0.15, 0.2) is 0 Å². The van der Waals surface area contributed by atoms with Crippen molar-refractivity contribution in [1.82, 2.24) is 9.97 Å². The van der Waals surface area contributed by atoms with Crippen molar-refractivity contribution in [2.75, 3.05) is 18.0 Å². The maximum atomic E-state index is 4.22. The highest BCUT2D eigenvalue weighted by Gasteiger charge is 2.10. The molecule has 0 radical (unpaired) electrons. The summed E-state index contributed by atoms with van der Waals surface area (Å²) in [7, 11) is 0. The topological polar surface area (TPSA) is 29.0 Å². The smallest absolute Gasteiger partial charge is 0.131 e. The molecule has 1 saturated heterocycles. The Morgan fingerprint density at radius 3 is 2.67 bits per heavy atom. The summed E-state index contributed by atoms with van der Waals surface area (Å²) < 4.78 is 0. The molecule has 2 heterocycles. The Bertz CT molecular complexity index is 229. The van der Waals surface area contributed by atoms with Crippen molar-refractivity contribution in [3.63, 3.8) is 0 Å². The van der Waals surface area contributed by atoms with Gasteiger partial charge in [0, 0.05) is 19.3 Å². The average Bonchev–Trinajstić information content (AvgIpc) is 2.21. The van der Waals surface area contributed by atoms with E-state index in [-0.39, 0.29) is 0 Å². The van der Waals surface area contributed by atoms with E-state index in [0.717, 1.165) is 18.9 Å². The summed E-state index contributed by atoms with van der Waals surface area (Å²) in [6, 6.07) is 1.98. The lowest BCUT2D eigenvalue weighted by Crippen LogP contribution is -2.29. The fraction of sp³-hybridized carbons (Fsp3) is 0.556. The van der Waals surface area contributed by atoms with Gasteiger partial charge in [0.1, 0.15) is 12.1 Å². The Hall–Kier alpha value is -1.12. The van der Waals surface area contributed by atoms with E-state index in [4.69, 9.17) is 0 Å². The van der Waals surface area contributed by atoms with Gasteiger partial charge in [-0.1, -0.05) is 0 Å². The van der Waals surface area contributed by atoms with E-state index >= 15 is 0 Å². The first-order valence-corrected chi connectivity index (χ1v) is 4.48. The molecule has 0 spiro atoms. The maximum Gasteiger partial charge on any atom is 0.131 e. The third-order valence-electron chi connectivity index (χ3n) is 2.25. The molecule has 0 bridgehead atoms. The van der Waals surface area contributed by atoms with Gasteiger partial charge in [0.05, 0.1) is 0 Å². The SMILES string of the molecule is c1cc(N2CCCCC2)ncn1. The fourth-order valence-electron chi connectivity index (χ4n) is 1.59. The van der Waals surface area contributed by atoms with E-state index in [0.29, 0.717) is 0 Å². The number of piperidine rings is 1. The first-order valence-electron chi connectivity index (χ1n) is 4.48. The van der Waals surface area contributed by atoms with Gasteiger partial charge in [-0.2, -0.15) is 0 Å². The largest absolute Gasteiger partial charge is 0.357 e. The van der Waals surface area contributed by atoms with Crippen molar-refractivity contribution in [3.05, 3.63) is 18.6 Å². The molecule has 64 valence electrons. The molecule has 0 unspecified atom stereocenters. The molecule has 0 aliphatic carbocycles. The van der Waals surface area contributed by atoms with Crippen LogP contribution in [0, 0.1) is 0 Å². The fourth-order valence-corrected chi connectivity index (χ4v) is 1.59. The molecule has 1 aromatic heterocycles. The molecule has 0 atom stereocenters. The number of aromatic nitrogens is 2. The molecule has 2 rings (SSSR count). The van der Waals surface area contributed by atoms with E-state index in [1.54, 1.807) is 12.5 Å². The molecule has 1 aliphatic rings. The Labute approximate surface area is 72.4 Å². The highest BCUT2D eigenvalue weighted by atomic mass is 15.2. The zero-order valence-corrected chi connectivity index (χ0v) is 7.11. The van der Waals surface area contributed by atoms with Crippen LogP contribution in [0.5, 0.6) is 0 Å². The summed E-state index contributed by atoms with van der Waals surface area (Å²) >= 11 is 0. The van der Waals surface area contributed by atoms with Crippen LogP contribution in [-0.4, -0.2) is 23.1 Å². The summed E-state index contributed by atoms with van der Waals surface area (Å²) in [6.45, 7) is 2.30. The van der Waals surface area contributed by atoms with Crippen LogP contribution in [0.2, 0.25) is 0 Å². The third-order valence-corrected chi connectivity index (χ3v) is 2.25. The van der Waals surface area contributed by atoms with Crippen LogP contribution in [-0.2, 0) is 0 Å². The summed E-state index contributed by atoms with van der Waals surface area (Å²) in [5.41, 5.74) is 0. The van der Waals surface area contributed by atoms with Gasteiger partial charge < -0.3 is 4.90 Å². The van der Waals surface area contributed by atoms with E-state index < -0.39 is 0 Å². The molecule has 1 aromatic rings. The van der Waals surface area contributed by atoms with E-state index in [1.807, 2.05) is 6.07 Å². The Kier molecular flexibility index (Phi) is 2.21. The number of hydrogen-bond acceptors (Lipinski definition) is 3. The van der Waals surface area contributed by atoms with Crippen molar-refractivity contribution in [3.8, 4) is 0 Å². The second-order valence-corrected chi connectivity index (χ2v) is 3.12. The molecule has 0 aromatic carbocycles. The van der Waals surface area contributed by atoms with Crippen molar-refractivity contribution in [1.29, 1.82) is 0 Å². The minimum absolute atomic E-state index is 1.07. The number of nitrogens with zero attached hydrogens (tertiary/aromatic N) is 3. The Morgan fingerprint density at radius 1 is 1.17 bits per heavy atom. The van der Waals surface area contributed by atoms with Gasteiger partial charge >= 0.3 is 0 Å². The maximum absolute atomic E-state index is 4.22. The van der Waals surface area contributed by atoms with E-state index in [2.05, 4.69) is 14.9 Å². The van der Waals surface area contributed by atoms with Gasteiger partial charge in [-0.15, -0.1) is 0 Å².